The van der Waals surface area contributed by atoms with Gasteiger partial charge in [0.1, 0.15) is 6.10 Å². The third kappa shape index (κ3) is 4.93. The van der Waals surface area contributed by atoms with Gasteiger partial charge in [0.05, 0.1) is 22.6 Å². The topological polar surface area (TPSA) is 104 Å². The van der Waals surface area contributed by atoms with Crippen LogP contribution in [0.15, 0.2) is 18.2 Å². The van der Waals surface area contributed by atoms with Crippen molar-refractivity contribution in [2.45, 2.75) is 85.2 Å². The Morgan fingerprint density at radius 1 is 1.18 bits per heavy atom. The molecule has 1 amide bonds. The Bertz CT molecular complexity index is 1120. The molecule has 182 valence electrons. The summed E-state index contributed by atoms with van der Waals surface area (Å²) >= 11 is 0. The first-order valence-corrected chi connectivity index (χ1v) is 12.3. The molecular formula is C27H35N3O4. The van der Waals surface area contributed by atoms with E-state index in [0.29, 0.717) is 24.3 Å². The number of hydrogen-bond acceptors (Lipinski definition) is 5. The van der Waals surface area contributed by atoms with Gasteiger partial charge in [0.15, 0.2) is 5.78 Å². The maximum Gasteiger partial charge on any atom is 0.305 e. The number of rotatable bonds is 6. The van der Waals surface area contributed by atoms with E-state index >= 15 is 0 Å². The molecule has 1 saturated carbocycles. The van der Waals surface area contributed by atoms with Crippen LogP contribution < -0.4 is 5.73 Å². The number of Topliss-reactive ketones (excluding diaryl/α,β-unsaturated/α-hetero) is 1. The summed E-state index contributed by atoms with van der Waals surface area (Å²) in [4.78, 5) is 36.6. The molecule has 0 aliphatic heterocycles. The van der Waals surface area contributed by atoms with Crippen LogP contribution in [-0.2, 0) is 22.4 Å². The van der Waals surface area contributed by atoms with Crippen LogP contribution in [0.2, 0.25) is 0 Å². The van der Waals surface area contributed by atoms with Crippen molar-refractivity contribution in [2.75, 3.05) is 0 Å². The molecule has 7 heteroatoms. The van der Waals surface area contributed by atoms with E-state index in [1.807, 2.05) is 23.7 Å². The van der Waals surface area contributed by atoms with Gasteiger partial charge >= 0.3 is 5.97 Å². The minimum absolute atomic E-state index is 0.00916. The molecule has 1 fully saturated rings. The van der Waals surface area contributed by atoms with Gasteiger partial charge in [0.25, 0.3) is 0 Å². The van der Waals surface area contributed by atoms with Crippen LogP contribution >= 0.6 is 0 Å². The maximum absolute atomic E-state index is 12.8. The standard InChI is InChI=1S/C27H35N3O4/c1-5-24(32)34-20-9-6-17(7-10-20)12-18-13-19(8-11-21(18)26(28)33)30-22-14-27(3,4)15-23(31)25(22)16(2)29-30/h8,11,13,17,20H,5-7,9-10,12,14-15H2,1-4H3,(H2,28,33). The number of fused-ring (bicyclic) bond motifs is 1. The summed E-state index contributed by atoms with van der Waals surface area (Å²) in [6, 6.07) is 5.65. The first-order valence-electron chi connectivity index (χ1n) is 12.3. The molecule has 0 spiro atoms. The fraction of sp³-hybridized carbons (Fsp3) is 0.556. The molecule has 0 atom stereocenters. The fourth-order valence-corrected chi connectivity index (χ4v) is 5.51. The van der Waals surface area contributed by atoms with Gasteiger partial charge in [0, 0.05) is 18.4 Å². The van der Waals surface area contributed by atoms with Crippen molar-refractivity contribution in [1.29, 1.82) is 0 Å². The van der Waals surface area contributed by atoms with E-state index in [1.54, 1.807) is 13.0 Å². The second kappa shape index (κ2) is 9.35. The van der Waals surface area contributed by atoms with Crippen LogP contribution in [-0.4, -0.2) is 33.5 Å². The predicted octanol–water partition coefficient (Wildman–Crippen LogP) is 4.49. The average Bonchev–Trinajstić information content (AvgIpc) is 3.09. The number of aryl methyl sites for hydroxylation is 1. The van der Waals surface area contributed by atoms with Gasteiger partial charge in [-0.2, -0.15) is 5.10 Å². The highest BCUT2D eigenvalue weighted by atomic mass is 16.5. The number of carbonyl (C=O) groups is 3. The van der Waals surface area contributed by atoms with Crippen LogP contribution in [0.5, 0.6) is 0 Å². The molecule has 0 bridgehead atoms. The van der Waals surface area contributed by atoms with Crippen LogP contribution in [0.3, 0.4) is 0 Å². The normalized spacial score (nSPS) is 21.7. The van der Waals surface area contributed by atoms with E-state index in [-0.39, 0.29) is 23.3 Å². The highest BCUT2D eigenvalue weighted by Gasteiger charge is 2.36. The summed E-state index contributed by atoms with van der Waals surface area (Å²) < 4.78 is 7.38. The summed E-state index contributed by atoms with van der Waals surface area (Å²) in [6.45, 7) is 7.90. The largest absolute Gasteiger partial charge is 0.462 e. The molecule has 0 radical (unpaired) electrons. The number of ether oxygens (including phenoxy) is 1. The van der Waals surface area contributed by atoms with Gasteiger partial charge < -0.3 is 10.5 Å². The van der Waals surface area contributed by atoms with Gasteiger partial charge in [-0.1, -0.05) is 20.8 Å². The van der Waals surface area contributed by atoms with Crippen LogP contribution in [0, 0.1) is 18.3 Å². The average molecular weight is 466 g/mol. The van der Waals surface area contributed by atoms with Gasteiger partial charge in [-0.25, -0.2) is 4.68 Å². The van der Waals surface area contributed by atoms with Gasteiger partial charge in [0.2, 0.25) is 5.91 Å². The molecular weight excluding hydrogens is 430 g/mol. The maximum atomic E-state index is 12.8. The quantitative estimate of drug-likeness (QED) is 0.633. The smallest absolute Gasteiger partial charge is 0.305 e. The lowest BCUT2D eigenvalue weighted by atomic mass is 9.75. The zero-order valence-corrected chi connectivity index (χ0v) is 20.6. The number of esters is 1. The Kier molecular flexibility index (Phi) is 6.65. The zero-order chi connectivity index (χ0) is 24.6. The minimum Gasteiger partial charge on any atom is -0.462 e. The van der Waals surface area contributed by atoms with Crippen molar-refractivity contribution < 1.29 is 19.1 Å². The fourth-order valence-electron chi connectivity index (χ4n) is 5.51. The number of amides is 1. The second-order valence-electron chi connectivity index (χ2n) is 10.7. The van der Waals surface area contributed by atoms with E-state index in [9.17, 15) is 14.4 Å². The monoisotopic (exact) mass is 465 g/mol. The molecule has 2 aliphatic rings. The van der Waals surface area contributed by atoms with Crippen molar-refractivity contribution in [1.82, 2.24) is 9.78 Å². The molecule has 2 aliphatic carbocycles. The zero-order valence-electron chi connectivity index (χ0n) is 20.6. The molecule has 4 rings (SSSR count). The summed E-state index contributed by atoms with van der Waals surface area (Å²) in [5, 5.41) is 4.72. The van der Waals surface area contributed by atoms with Gasteiger partial charge in [-0.3, -0.25) is 14.4 Å². The van der Waals surface area contributed by atoms with Crippen molar-refractivity contribution in [3.63, 3.8) is 0 Å². The first-order chi connectivity index (χ1) is 16.1. The Balaban J connectivity index is 1.60. The Morgan fingerprint density at radius 3 is 2.53 bits per heavy atom. The third-order valence-electron chi connectivity index (χ3n) is 7.21. The van der Waals surface area contributed by atoms with E-state index in [0.717, 1.165) is 66.7 Å². The summed E-state index contributed by atoms with van der Waals surface area (Å²) in [5.41, 5.74) is 10.3. The number of aromatic nitrogens is 2. The molecule has 0 unspecified atom stereocenters. The van der Waals surface area contributed by atoms with Crippen LogP contribution in [0.4, 0.5) is 0 Å². The van der Waals surface area contributed by atoms with Crippen molar-refractivity contribution in [3.05, 3.63) is 46.3 Å². The number of ketones is 1. The van der Waals surface area contributed by atoms with Gasteiger partial charge in [-0.15, -0.1) is 0 Å². The molecule has 34 heavy (non-hydrogen) atoms. The van der Waals surface area contributed by atoms with Crippen molar-refractivity contribution in [3.8, 4) is 5.69 Å². The molecule has 2 N–H and O–H groups in total. The summed E-state index contributed by atoms with van der Waals surface area (Å²) in [6.07, 6.45) is 5.95. The second-order valence-corrected chi connectivity index (χ2v) is 10.7. The number of primary amides is 1. The number of carbonyl (C=O) groups excluding carboxylic acids is 3. The third-order valence-corrected chi connectivity index (χ3v) is 7.21. The molecule has 1 heterocycles. The lowest BCUT2D eigenvalue weighted by molar-refractivity contribution is -0.150. The lowest BCUT2D eigenvalue weighted by Gasteiger charge is -2.29. The Hall–Kier alpha value is -2.96. The number of hydrogen-bond donors (Lipinski definition) is 1. The summed E-state index contributed by atoms with van der Waals surface area (Å²) in [7, 11) is 0. The number of nitrogens with zero attached hydrogens (tertiary/aromatic N) is 2. The predicted molar refractivity (Wildman–Crippen MR) is 129 cm³/mol. The van der Waals surface area contributed by atoms with Crippen molar-refractivity contribution >= 4 is 17.7 Å². The molecule has 7 nitrogen and oxygen atoms in total. The molecule has 0 saturated heterocycles. The van der Waals surface area contributed by atoms with E-state index < -0.39 is 5.91 Å². The van der Waals surface area contributed by atoms with Gasteiger partial charge in [-0.05, 0) is 80.5 Å². The molecule has 1 aromatic heterocycles. The Labute approximate surface area is 201 Å². The minimum atomic E-state index is -0.443. The molecule has 2 aromatic rings. The lowest BCUT2D eigenvalue weighted by Crippen LogP contribution is -2.28. The summed E-state index contributed by atoms with van der Waals surface area (Å²) in [5.74, 6) is -0.0583. The SMILES string of the molecule is CCC(=O)OC1CCC(Cc2cc(-n3nc(C)c4c3CC(C)(C)CC4=O)ccc2C(N)=O)CC1. The van der Waals surface area contributed by atoms with Crippen LogP contribution in [0.25, 0.3) is 5.69 Å². The number of benzene rings is 1. The first kappa shape index (κ1) is 24.2. The van der Waals surface area contributed by atoms with Crippen LogP contribution in [0.1, 0.15) is 97.0 Å². The van der Waals surface area contributed by atoms with E-state index in [4.69, 9.17) is 15.6 Å². The van der Waals surface area contributed by atoms with E-state index in [2.05, 4.69) is 13.8 Å². The Morgan fingerprint density at radius 2 is 1.88 bits per heavy atom. The van der Waals surface area contributed by atoms with Crippen molar-refractivity contribution in [2.24, 2.45) is 17.1 Å². The highest BCUT2D eigenvalue weighted by Crippen LogP contribution is 2.37. The molecule has 1 aromatic carbocycles. The number of nitrogens with two attached hydrogens (primary N) is 1. The highest BCUT2D eigenvalue weighted by molar-refractivity contribution is 6.00. The van der Waals surface area contributed by atoms with E-state index in [1.165, 1.54) is 0 Å².